The predicted molar refractivity (Wildman–Crippen MR) is 86.1 cm³/mol. The zero-order chi connectivity index (χ0) is 14.1. The number of hydrogen-bond acceptors (Lipinski definition) is 2. The second kappa shape index (κ2) is 9.16. The summed E-state index contributed by atoms with van der Waals surface area (Å²) >= 11 is 3.42. The lowest BCUT2D eigenvalue weighted by atomic mass is 10.1. The third-order valence-corrected chi connectivity index (χ3v) is 3.25. The quantitative estimate of drug-likeness (QED) is 0.498. The van der Waals surface area contributed by atoms with Gasteiger partial charge in [0.1, 0.15) is 6.10 Å². The molecular weight excluding hydrogens is 302 g/mol. The van der Waals surface area contributed by atoms with Crippen molar-refractivity contribution in [1.82, 2.24) is 0 Å². The van der Waals surface area contributed by atoms with Gasteiger partial charge in [-0.25, -0.2) is 0 Å². The van der Waals surface area contributed by atoms with Gasteiger partial charge in [0.2, 0.25) is 0 Å². The third-order valence-electron chi connectivity index (χ3n) is 2.73. The van der Waals surface area contributed by atoms with Crippen molar-refractivity contribution < 1.29 is 4.84 Å². The maximum atomic E-state index is 5.77. The summed E-state index contributed by atoms with van der Waals surface area (Å²) in [5, 5.41) is 0. The van der Waals surface area contributed by atoms with Gasteiger partial charge < -0.3 is 0 Å². The van der Waals surface area contributed by atoms with E-state index >= 15 is 0 Å². The van der Waals surface area contributed by atoms with E-state index in [1.165, 1.54) is 12.8 Å². The first kappa shape index (κ1) is 16.3. The normalized spacial score (nSPS) is 13.1. The molecule has 1 aromatic rings. The fourth-order valence-electron chi connectivity index (χ4n) is 1.61. The molecule has 1 rings (SSSR count). The molecule has 2 nitrogen and oxygen atoms in total. The number of rotatable bonds is 8. The summed E-state index contributed by atoms with van der Waals surface area (Å²) in [5.41, 5.74) is 4.01. The van der Waals surface area contributed by atoms with Crippen molar-refractivity contribution in [1.29, 1.82) is 0 Å². The Morgan fingerprint density at radius 1 is 1.21 bits per heavy atom. The summed E-state index contributed by atoms with van der Waals surface area (Å²) in [5.74, 6) is 0.556. The lowest BCUT2D eigenvalue weighted by Gasteiger charge is -2.15. The standard InChI is InChI=1S/C16H24BrNO/c1-4-5-6-16(12-7-13(2)3)19-18-15-10-8-14(17)9-11-15/h7-13,16,18H,4-6H2,1-3H3/b12-7+/t16-/m0/s1. The molecule has 106 valence electrons. The van der Waals surface area contributed by atoms with Crippen LogP contribution < -0.4 is 5.48 Å². The van der Waals surface area contributed by atoms with Crippen LogP contribution in [0, 0.1) is 5.92 Å². The molecule has 0 amide bonds. The number of benzene rings is 1. The number of nitrogens with one attached hydrogen (secondary N) is 1. The van der Waals surface area contributed by atoms with Gasteiger partial charge in [-0.1, -0.05) is 61.7 Å². The SMILES string of the molecule is CCCC[C@@H](/C=C/C(C)C)ONc1ccc(Br)cc1. The smallest absolute Gasteiger partial charge is 0.103 e. The first-order valence-electron chi connectivity index (χ1n) is 6.97. The minimum atomic E-state index is 0.131. The number of halogens is 1. The monoisotopic (exact) mass is 325 g/mol. The van der Waals surface area contributed by atoms with Crippen molar-refractivity contribution in [2.75, 3.05) is 5.48 Å². The molecule has 0 bridgehead atoms. The van der Waals surface area contributed by atoms with Gasteiger partial charge >= 0.3 is 0 Å². The van der Waals surface area contributed by atoms with Crippen LogP contribution in [0.5, 0.6) is 0 Å². The van der Waals surface area contributed by atoms with Crippen LogP contribution in [0.3, 0.4) is 0 Å². The van der Waals surface area contributed by atoms with Crippen LogP contribution in [-0.2, 0) is 4.84 Å². The molecule has 1 N–H and O–H groups in total. The Morgan fingerprint density at radius 2 is 1.89 bits per heavy atom. The summed E-state index contributed by atoms with van der Waals surface area (Å²) in [6.45, 7) is 6.55. The van der Waals surface area contributed by atoms with E-state index in [1.807, 2.05) is 24.3 Å². The molecule has 0 radical (unpaired) electrons. The van der Waals surface area contributed by atoms with E-state index in [-0.39, 0.29) is 6.10 Å². The van der Waals surface area contributed by atoms with Gasteiger partial charge in [-0.2, -0.15) is 0 Å². The van der Waals surface area contributed by atoms with Crippen LogP contribution in [0.15, 0.2) is 40.9 Å². The lowest BCUT2D eigenvalue weighted by molar-refractivity contribution is 0.127. The zero-order valence-corrected chi connectivity index (χ0v) is 13.6. The van der Waals surface area contributed by atoms with Crippen LogP contribution in [0.25, 0.3) is 0 Å². The molecule has 3 heteroatoms. The highest BCUT2D eigenvalue weighted by atomic mass is 79.9. The summed E-state index contributed by atoms with van der Waals surface area (Å²) in [4.78, 5) is 5.77. The van der Waals surface area contributed by atoms with E-state index in [4.69, 9.17) is 4.84 Å². The number of unbranched alkanes of at least 4 members (excludes halogenated alkanes) is 1. The Labute approximate surface area is 125 Å². The number of anilines is 1. The minimum absolute atomic E-state index is 0.131. The predicted octanol–water partition coefficient (Wildman–Crippen LogP) is 5.56. The van der Waals surface area contributed by atoms with Gasteiger partial charge in [0, 0.05) is 4.47 Å². The molecule has 0 unspecified atom stereocenters. The lowest BCUT2D eigenvalue weighted by Crippen LogP contribution is -2.15. The molecule has 0 spiro atoms. The average Bonchev–Trinajstić information content (AvgIpc) is 2.39. The Balaban J connectivity index is 2.49. The summed E-state index contributed by atoms with van der Waals surface area (Å²) in [6.07, 6.45) is 7.90. The highest BCUT2D eigenvalue weighted by molar-refractivity contribution is 9.10. The fraction of sp³-hybridized carbons (Fsp3) is 0.500. The van der Waals surface area contributed by atoms with Crippen LogP contribution in [0.2, 0.25) is 0 Å². The summed E-state index contributed by atoms with van der Waals surface area (Å²) in [6, 6.07) is 7.98. The molecule has 19 heavy (non-hydrogen) atoms. The minimum Gasteiger partial charge on any atom is -0.269 e. The highest BCUT2D eigenvalue weighted by Crippen LogP contribution is 2.16. The maximum absolute atomic E-state index is 5.77. The summed E-state index contributed by atoms with van der Waals surface area (Å²) in [7, 11) is 0. The zero-order valence-electron chi connectivity index (χ0n) is 12.0. The van der Waals surface area contributed by atoms with E-state index in [2.05, 4.69) is 54.3 Å². The maximum Gasteiger partial charge on any atom is 0.103 e. The van der Waals surface area contributed by atoms with E-state index in [0.29, 0.717) is 5.92 Å². The Kier molecular flexibility index (Phi) is 7.84. The van der Waals surface area contributed by atoms with Crippen LogP contribution in [0.1, 0.15) is 40.0 Å². The molecule has 0 saturated heterocycles. The Hall–Kier alpha value is -0.800. The number of allylic oxidation sites excluding steroid dienone is 1. The fourth-order valence-corrected chi connectivity index (χ4v) is 1.87. The molecular formula is C16H24BrNO. The molecule has 1 aromatic carbocycles. The molecule has 0 heterocycles. The van der Waals surface area contributed by atoms with Crippen LogP contribution in [0.4, 0.5) is 5.69 Å². The summed E-state index contributed by atoms with van der Waals surface area (Å²) < 4.78 is 1.07. The van der Waals surface area contributed by atoms with Crippen molar-refractivity contribution in [3.63, 3.8) is 0 Å². The van der Waals surface area contributed by atoms with Gasteiger partial charge in [-0.3, -0.25) is 10.3 Å². The van der Waals surface area contributed by atoms with Gasteiger partial charge in [0.25, 0.3) is 0 Å². The average molecular weight is 326 g/mol. The molecule has 0 fully saturated rings. The highest BCUT2D eigenvalue weighted by Gasteiger charge is 2.05. The van der Waals surface area contributed by atoms with E-state index in [1.54, 1.807) is 0 Å². The van der Waals surface area contributed by atoms with Crippen LogP contribution >= 0.6 is 15.9 Å². The van der Waals surface area contributed by atoms with Gasteiger partial charge in [-0.15, -0.1) is 0 Å². The Bertz CT molecular complexity index is 373. The molecule has 0 aromatic heterocycles. The second-order valence-electron chi connectivity index (χ2n) is 5.04. The first-order valence-corrected chi connectivity index (χ1v) is 7.76. The van der Waals surface area contributed by atoms with Crippen LogP contribution in [-0.4, -0.2) is 6.10 Å². The van der Waals surface area contributed by atoms with E-state index < -0.39 is 0 Å². The molecule has 0 aliphatic rings. The topological polar surface area (TPSA) is 21.3 Å². The second-order valence-corrected chi connectivity index (χ2v) is 5.95. The molecule has 1 atom stereocenters. The van der Waals surface area contributed by atoms with E-state index in [0.717, 1.165) is 16.6 Å². The number of hydrogen-bond donors (Lipinski definition) is 1. The van der Waals surface area contributed by atoms with Crippen molar-refractivity contribution in [2.24, 2.45) is 5.92 Å². The largest absolute Gasteiger partial charge is 0.269 e. The first-order chi connectivity index (χ1) is 9.11. The molecule has 0 saturated carbocycles. The van der Waals surface area contributed by atoms with Crippen molar-refractivity contribution in [3.05, 3.63) is 40.9 Å². The van der Waals surface area contributed by atoms with Crippen molar-refractivity contribution >= 4 is 21.6 Å². The van der Waals surface area contributed by atoms with E-state index in [9.17, 15) is 0 Å². The molecule has 0 aliphatic heterocycles. The van der Waals surface area contributed by atoms with Crippen molar-refractivity contribution in [3.8, 4) is 0 Å². The van der Waals surface area contributed by atoms with Gasteiger partial charge in [0.05, 0.1) is 5.69 Å². The molecule has 0 aliphatic carbocycles. The Morgan fingerprint density at radius 3 is 2.47 bits per heavy atom. The van der Waals surface area contributed by atoms with Gasteiger partial charge in [0.15, 0.2) is 0 Å². The van der Waals surface area contributed by atoms with Crippen molar-refractivity contribution in [2.45, 2.75) is 46.1 Å². The van der Waals surface area contributed by atoms with Gasteiger partial charge in [-0.05, 0) is 36.6 Å². The third kappa shape index (κ3) is 7.38.